The number of carbonyl (C=O) groups is 1. The highest BCUT2D eigenvalue weighted by molar-refractivity contribution is 5.92. The van der Waals surface area contributed by atoms with Crippen molar-refractivity contribution >= 4 is 22.8 Å². The van der Waals surface area contributed by atoms with Gasteiger partial charge in [0.1, 0.15) is 5.82 Å². The quantitative estimate of drug-likeness (QED) is 0.682. The van der Waals surface area contributed by atoms with Crippen LogP contribution in [0, 0.1) is 6.92 Å². The Morgan fingerprint density at radius 3 is 2.54 bits per heavy atom. The number of nitrogens with one attached hydrogen (secondary N) is 4. The fourth-order valence-electron chi connectivity index (χ4n) is 3.99. The Morgan fingerprint density at radius 2 is 1.88 bits per heavy atom. The van der Waals surface area contributed by atoms with E-state index in [9.17, 15) is 4.79 Å². The second kappa shape index (κ2) is 5.77. The number of piperidine rings is 1. The number of hydrogen-bond donors (Lipinski definition) is 4. The van der Waals surface area contributed by atoms with E-state index in [2.05, 4.69) is 53.6 Å². The first-order valence-electron chi connectivity index (χ1n) is 8.45. The first-order chi connectivity index (χ1) is 11.1. The van der Waals surface area contributed by atoms with Gasteiger partial charge in [0.15, 0.2) is 0 Å². The molecule has 24 heavy (non-hydrogen) atoms. The molecule has 1 aliphatic heterocycles. The topological polar surface area (TPSA) is 81.8 Å². The van der Waals surface area contributed by atoms with Gasteiger partial charge >= 0.3 is 6.03 Å². The molecule has 0 aliphatic carbocycles. The molecule has 2 aromatic rings. The number of hydrogen-bond acceptors (Lipinski definition) is 3. The predicted molar refractivity (Wildman–Crippen MR) is 97.3 cm³/mol. The Bertz CT molecular complexity index is 746. The monoisotopic (exact) mass is 329 g/mol. The lowest BCUT2D eigenvalue weighted by atomic mass is 9.80. The third kappa shape index (κ3) is 3.87. The summed E-state index contributed by atoms with van der Waals surface area (Å²) < 4.78 is 0. The number of carbonyl (C=O) groups excluding carboxylic acids is 1. The summed E-state index contributed by atoms with van der Waals surface area (Å²) in [6, 6.07) is 5.67. The Morgan fingerprint density at radius 1 is 1.21 bits per heavy atom. The Hall–Kier alpha value is -2.08. The number of aryl methyl sites for hydroxylation is 1. The molecule has 0 atom stereocenters. The summed E-state index contributed by atoms with van der Waals surface area (Å²) in [5.41, 5.74) is 2.60. The lowest BCUT2D eigenvalue weighted by molar-refractivity contribution is 0.149. The van der Waals surface area contributed by atoms with Gasteiger partial charge in [-0.3, -0.25) is 0 Å². The molecule has 4 N–H and O–H groups in total. The third-order valence-electron chi connectivity index (χ3n) is 4.38. The molecule has 1 aliphatic rings. The highest BCUT2D eigenvalue weighted by atomic mass is 16.2. The summed E-state index contributed by atoms with van der Waals surface area (Å²) in [6.07, 6.45) is 1.81. The molecule has 1 saturated heterocycles. The number of nitrogens with zero attached hydrogens (tertiary/aromatic N) is 1. The summed E-state index contributed by atoms with van der Waals surface area (Å²) in [4.78, 5) is 19.9. The smallest absolute Gasteiger partial charge is 0.319 e. The molecule has 0 bridgehead atoms. The highest BCUT2D eigenvalue weighted by Crippen LogP contribution is 2.28. The molecule has 6 nitrogen and oxygen atoms in total. The van der Waals surface area contributed by atoms with E-state index in [1.165, 1.54) is 0 Å². The van der Waals surface area contributed by atoms with Crippen LogP contribution in [0.2, 0.25) is 0 Å². The fraction of sp³-hybridized carbons (Fsp3) is 0.556. The Balaban J connectivity index is 1.66. The van der Waals surface area contributed by atoms with Crippen LogP contribution in [-0.2, 0) is 0 Å². The average molecular weight is 329 g/mol. The molecule has 2 amide bonds. The number of urea groups is 1. The lowest BCUT2D eigenvalue weighted by Gasteiger charge is -2.46. The molecule has 0 saturated carbocycles. The molecule has 1 aromatic heterocycles. The van der Waals surface area contributed by atoms with Crippen LogP contribution in [0.5, 0.6) is 0 Å². The molecular formula is C18H27N5O. The van der Waals surface area contributed by atoms with Crippen LogP contribution in [0.3, 0.4) is 0 Å². The van der Waals surface area contributed by atoms with E-state index in [4.69, 9.17) is 0 Å². The normalized spacial score (nSPS) is 20.0. The van der Waals surface area contributed by atoms with Crippen molar-refractivity contribution in [3.63, 3.8) is 0 Å². The molecule has 1 fully saturated rings. The molecule has 3 rings (SSSR count). The van der Waals surface area contributed by atoms with Gasteiger partial charge in [-0.15, -0.1) is 0 Å². The third-order valence-corrected chi connectivity index (χ3v) is 4.38. The van der Waals surface area contributed by atoms with Crippen molar-refractivity contribution in [3.05, 3.63) is 24.0 Å². The summed E-state index contributed by atoms with van der Waals surface area (Å²) in [7, 11) is 0. The molecule has 0 unspecified atom stereocenters. The number of H-pyrrole nitrogens is 1. The van der Waals surface area contributed by atoms with Crippen LogP contribution < -0.4 is 16.0 Å². The Labute approximate surface area is 142 Å². The van der Waals surface area contributed by atoms with Crippen LogP contribution >= 0.6 is 0 Å². The second-order valence-corrected chi connectivity index (χ2v) is 8.15. The number of fused-ring (bicyclic) bond motifs is 1. The lowest BCUT2D eigenvalue weighted by Crippen LogP contribution is -2.62. The van der Waals surface area contributed by atoms with E-state index >= 15 is 0 Å². The van der Waals surface area contributed by atoms with Gasteiger partial charge < -0.3 is 20.9 Å². The van der Waals surface area contributed by atoms with Crippen molar-refractivity contribution in [2.45, 2.75) is 64.6 Å². The minimum atomic E-state index is -0.163. The van der Waals surface area contributed by atoms with Gasteiger partial charge in [-0.1, -0.05) is 0 Å². The van der Waals surface area contributed by atoms with Crippen LogP contribution in [0.25, 0.3) is 11.0 Å². The van der Waals surface area contributed by atoms with Gasteiger partial charge in [0, 0.05) is 22.8 Å². The average Bonchev–Trinajstić information content (AvgIpc) is 2.73. The highest BCUT2D eigenvalue weighted by Gasteiger charge is 2.38. The zero-order chi connectivity index (χ0) is 17.5. The Kier molecular flexibility index (Phi) is 4.03. The SMILES string of the molecule is Cc1nc2ccc(NC(=O)NC3CC(C)(C)NC(C)(C)C3)cc2[nH]1. The van der Waals surface area contributed by atoms with Crippen molar-refractivity contribution in [1.82, 2.24) is 20.6 Å². The zero-order valence-corrected chi connectivity index (χ0v) is 15.1. The summed E-state index contributed by atoms with van der Waals surface area (Å²) in [5, 5.41) is 9.67. The van der Waals surface area contributed by atoms with E-state index in [0.29, 0.717) is 0 Å². The van der Waals surface area contributed by atoms with E-state index in [1.54, 1.807) is 0 Å². The van der Waals surface area contributed by atoms with E-state index in [-0.39, 0.29) is 23.2 Å². The van der Waals surface area contributed by atoms with Crippen LogP contribution in [0.4, 0.5) is 10.5 Å². The number of benzene rings is 1. The molecule has 6 heteroatoms. The maximum absolute atomic E-state index is 12.4. The first-order valence-corrected chi connectivity index (χ1v) is 8.45. The fourth-order valence-corrected chi connectivity index (χ4v) is 3.99. The number of aromatic amines is 1. The number of aromatic nitrogens is 2. The van der Waals surface area contributed by atoms with Crippen molar-refractivity contribution < 1.29 is 4.79 Å². The predicted octanol–water partition coefficient (Wildman–Crippen LogP) is 3.30. The van der Waals surface area contributed by atoms with Crippen LogP contribution in [-0.4, -0.2) is 33.1 Å². The van der Waals surface area contributed by atoms with Crippen molar-refractivity contribution in [1.29, 1.82) is 0 Å². The van der Waals surface area contributed by atoms with Crippen molar-refractivity contribution in [3.8, 4) is 0 Å². The van der Waals surface area contributed by atoms with Gasteiger partial charge in [-0.05, 0) is 65.7 Å². The van der Waals surface area contributed by atoms with E-state index < -0.39 is 0 Å². The van der Waals surface area contributed by atoms with Crippen molar-refractivity contribution in [2.75, 3.05) is 5.32 Å². The van der Waals surface area contributed by atoms with Crippen LogP contribution in [0.1, 0.15) is 46.4 Å². The number of anilines is 1. The van der Waals surface area contributed by atoms with E-state index in [0.717, 1.165) is 35.4 Å². The van der Waals surface area contributed by atoms with Gasteiger partial charge in [0.05, 0.1) is 11.0 Å². The summed E-state index contributed by atoms with van der Waals surface area (Å²) >= 11 is 0. The maximum atomic E-state index is 12.4. The molecular weight excluding hydrogens is 302 g/mol. The van der Waals surface area contributed by atoms with Gasteiger partial charge in [0.25, 0.3) is 0 Å². The van der Waals surface area contributed by atoms with E-state index in [1.807, 2.05) is 25.1 Å². The molecule has 0 radical (unpaired) electrons. The first kappa shape index (κ1) is 16.8. The van der Waals surface area contributed by atoms with Crippen molar-refractivity contribution in [2.24, 2.45) is 0 Å². The molecule has 0 spiro atoms. The molecule has 130 valence electrons. The molecule has 2 heterocycles. The van der Waals surface area contributed by atoms with Gasteiger partial charge in [-0.25, -0.2) is 9.78 Å². The van der Waals surface area contributed by atoms with Gasteiger partial charge in [-0.2, -0.15) is 0 Å². The zero-order valence-electron chi connectivity index (χ0n) is 15.1. The number of amides is 2. The van der Waals surface area contributed by atoms with Crippen LogP contribution in [0.15, 0.2) is 18.2 Å². The molecule has 1 aromatic carbocycles. The number of rotatable bonds is 2. The second-order valence-electron chi connectivity index (χ2n) is 8.15. The minimum absolute atomic E-state index is 0.00600. The van der Waals surface area contributed by atoms with Gasteiger partial charge in [0.2, 0.25) is 0 Å². The standard InChI is InChI=1S/C18H27N5O/c1-11-19-14-7-6-12(8-15(14)20-11)21-16(24)22-13-9-17(2,3)23-18(4,5)10-13/h6-8,13,23H,9-10H2,1-5H3,(H,19,20)(H2,21,22,24). The minimum Gasteiger partial charge on any atom is -0.342 e. The summed E-state index contributed by atoms with van der Waals surface area (Å²) in [5.74, 6) is 0.866. The number of imidazole rings is 1. The maximum Gasteiger partial charge on any atom is 0.319 e. The summed E-state index contributed by atoms with van der Waals surface area (Å²) in [6.45, 7) is 10.6. The largest absolute Gasteiger partial charge is 0.342 e.